The first-order valence-electron chi connectivity index (χ1n) is 5.66. The van der Waals surface area contributed by atoms with Crippen molar-refractivity contribution in [2.75, 3.05) is 20.6 Å². The molecule has 2 heteroatoms. The van der Waals surface area contributed by atoms with Crippen LogP contribution in [0.2, 0.25) is 0 Å². The molecule has 3 atom stereocenters. The number of likely N-dealkylation sites (N-methyl/N-ethyl adjacent to an activating group) is 2. The van der Waals surface area contributed by atoms with Gasteiger partial charge in [-0.15, -0.1) is 0 Å². The number of nitrogens with zero attached hydrogens (tertiary/aromatic N) is 2. The molecule has 2 aliphatic heterocycles. The minimum atomic E-state index is 0.807. The molecule has 0 N–H and O–H groups in total. The third-order valence-corrected chi connectivity index (χ3v) is 4.06. The molecule has 2 heterocycles. The molecule has 0 aromatic rings. The van der Waals surface area contributed by atoms with Crippen molar-refractivity contribution in [3.63, 3.8) is 0 Å². The normalized spacial score (nSPS) is 42.2. The zero-order valence-electron chi connectivity index (χ0n) is 9.16. The highest BCUT2D eigenvalue weighted by Crippen LogP contribution is 2.31. The molecular weight excluding hydrogens is 160 g/mol. The molecule has 2 fully saturated rings. The van der Waals surface area contributed by atoms with Gasteiger partial charge < -0.3 is 4.90 Å². The van der Waals surface area contributed by atoms with Gasteiger partial charge in [-0.25, -0.2) is 0 Å². The van der Waals surface area contributed by atoms with E-state index in [1.165, 1.54) is 32.2 Å². The van der Waals surface area contributed by atoms with Crippen molar-refractivity contribution in [3.8, 4) is 0 Å². The van der Waals surface area contributed by atoms with Crippen LogP contribution in [0.1, 0.15) is 32.6 Å². The monoisotopic (exact) mass is 182 g/mol. The highest BCUT2D eigenvalue weighted by molar-refractivity contribution is 4.96. The Bertz CT molecular complexity index is 181. The Morgan fingerprint density at radius 2 is 2.00 bits per heavy atom. The molecule has 2 aliphatic rings. The van der Waals surface area contributed by atoms with Crippen LogP contribution in [0.25, 0.3) is 0 Å². The third-order valence-electron chi connectivity index (χ3n) is 4.06. The van der Waals surface area contributed by atoms with Crippen molar-refractivity contribution in [3.05, 3.63) is 0 Å². The topological polar surface area (TPSA) is 6.48 Å². The van der Waals surface area contributed by atoms with Crippen LogP contribution in [-0.4, -0.2) is 48.6 Å². The van der Waals surface area contributed by atoms with Gasteiger partial charge >= 0.3 is 0 Å². The summed E-state index contributed by atoms with van der Waals surface area (Å²) in [6.45, 7) is 3.61. The number of rotatable bonds is 1. The summed E-state index contributed by atoms with van der Waals surface area (Å²) in [5.74, 6) is 0. The van der Waals surface area contributed by atoms with E-state index in [4.69, 9.17) is 0 Å². The van der Waals surface area contributed by atoms with E-state index in [0.29, 0.717) is 0 Å². The molecule has 13 heavy (non-hydrogen) atoms. The molecule has 0 aromatic heterocycles. The van der Waals surface area contributed by atoms with Crippen molar-refractivity contribution >= 4 is 0 Å². The average Bonchev–Trinajstić information content (AvgIpc) is 2.09. The van der Waals surface area contributed by atoms with Gasteiger partial charge in [0.2, 0.25) is 0 Å². The maximum Gasteiger partial charge on any atom is 0.0251 e. The molecule has 76 valence electrons. The van der Waals surface area contributed by atoms with Crippen LogP contribution >= 0.6 is 0 Å². The highest BCUT2D eigenvalue weighted by Gasteiger charge is 2.39. The number of likely N-dealkylation sites (tertiary alicyclic amines) is 1. The first kappa shape index (κ1) is 9.47. The Labute approximate surface area is 81.9 Å². The Morgan fingerprint density at radius 1 is 1.23 bits per heavy atom. The second-order valence-corrected chi connectivity index (χ2v) is 4.73. The Morgan fingerprint density at radius 3 is 2.69 bits per heavy atom. The van der Waals surface area contributed by atoms with Gasteiger partial charge in [-0.2, -0.15) is 0 Å². The van der Waals surface area contributed by atoms with Gasteiger partial charge in [0.05, 0.1) is 0 Å². The summed E-state index contributed by atoms with van der Waals surface area (Å²) in [7, 11) is 4.62. The second-order valence-electron chi connectivity index (χ2n) is 4.73. The molecule has 0 aliphatic carbocycles. The SMILES string of the molecule is CCC1C2CCCC(CN1C)N2C. The predicted octanol–water partition coefficient (Wildman–Crippen LogP) is 1.56. The van der Waals surface area contributed by atoms with Crippen molar-refractivity contribution in [1.82, 2.24) is 9.80 Å². The first-order valence-corrected chi connectivity index (χ1v) is 5.66. The third kappa shape index (κ3) is 1.50. The standard InChI is InChI=1S/C11H22N2/c1-4-10-11-7-5-6-9(13(11)3)8-12(10)2/h9-11H,4-8H2,1-3H3. The molecule has 3 unspecified atom stereocenters. The van der Waals surface area contributed by atoms with E-state index in [0.717, 1.165) is 18.1 Å². The van der Waals surface area contributed by atoms with E-state index in [2.05, 4.69) is 30.8 Å². The quantitative estimate of drug-likeness (QED) is 0.607. The van der Waals surface area contributed by atoms with Crippen LogP contribution in [0, 0.1) is 0 Å². The molecule has 2 nitrogen and oxygen atoms in total. The lowest BCUT2D eigenvalue weighted by atomic mass is 9.86. The Kier molecular flexibility index (Phi) is 2.61. The summed E-state index contributed by atoms with van der Waals surface area (Å²) in [6.07, 6.45) is 5.58. The van der Waals surface area contributed by atoms with Gasteiger partial charge in [0.1, 0.15) is 0 Å². The van der Waals surface area contributed by atoms with Gasteiger partial charge in [-0.05, 0) is 33.4 Å². The number of fused-ring (bicyclic) bond motifs is 2. The minimum absolute atomic E-state index is 0.807. The molecule has 0 aromatic carbocycles. The van der Waals surface area contributed by atoms with E-state index in [1.54, 1.807) is 0 Å². The van der Waals surface area contributed by atoms with Gasteiger partial charge in [0.15, 0.2) is 0 Å². The summed E-state index contributed by atoms with van der Waals surface area (Å²) in [4.78, 5) is 5.21. The first-order chi connectivity index (χ1) is 6.24. The molecule has 0 radical (unpaired) electrons. The molecule has 2 saturated heterocycles. The molecule has 0 saturated carbocycles. The van der Waals surface area contributed by atoms with Crippen LogP contribution in [-0.2, 0) is 0 Å². The summed E-state index contributed by atoms with van der Waals surface area (Å²) >= 11 is 0. The fourth-order valence-electron chi connectivity index (χ4n) is 3.27. The van der Waals surface area contributed by atoms with Crippen molar-refractivity contribution < 1.29 is 0 Å². The number of piperidine rings is 1. The second kappa shape index (κ2) is 3.58. The van der Waals surface area contributed by atoms with Crippen LogP contribution in [0.4, 0.5) is 0 Å². The van der Waals surface area contributed by atoms with Crippen molar-refractivity contribution in [2.24, 2.45) is 0 Å². The zero-order chi connectivity index (χ0) is 9.42. The molecule has 2 rings (SSSR count). The van der Waals surface area contributed by atoms with E-state index < -0.39 is 0 Å². The van der Waals surface area contributed by atoms with Gasteiger partial charge in [0, 0.05) is 24.7 Å². The van der Waals surface area contributed by atoms with Gasteiger partial charge in [-0.3, -0.25) is 4.90 Å². The van der Waals surface area contributed by atoms with E-state index in [-0.39, 0.29) is 0 Å². The van der Waals surface area contributed by atoms with E-state index >= 15 is 0 Å². The Balaban J connectivity index is 2.13. The van der Waals surface area contributed by atoms with E-state index in [9.17, 15) is 0 Å². The molecule has 2 bridgehead atoms. The maximum atomic E-state index is 2.64. The van der Waals surface area contributed by atoms with Crippen LogP contribution in [0.3, 0.4) is 0 Å². The number of piperazine rings is 1. The van der Waals surface area contributed by atoms with Gasteiger partial charge in [0.25, 0.3) is 0 Å². The largest absolute Gasteiger partial charge is 0.300 e. The minimum Gasteiger partial charge on any atom is -0.300 e. The zero-order valence-corrected chi connectivity index (χ0v) is 9.16. The van der Waals surface area contributed by atoms with Crippen LogP contribution in [0.5, 0.6) is 0 Å². The summed E-state index contributed by atoms with van der Waals surface area (Å²) in [5.41, 5.74) is 0. The lowest BCUT2D eigenvalue weighted by Crippen LogP contribution is -2.63. The van der Waals surface area contributed by atoms with Crippen LogP contribution < -0.4 is 0 Å². The van der Waals surface area contributed by atoms with Crippen molar-refractivity contribution in [2.45, 2.75) is 50.7 Å². The molecule has 0 spiro atoms. The molecule has 0 amide bonds. The Hall–Kier alpha value is -0.0800. The number of hydrogen-bond donors (Lipinski definition) is 0. The predicted molar refractivity (Wildman–Crippen MR) is 55.9 cm³/mol. The maximum absolute atomic E-state index is 2.64. The summed E-state index contributed by atoms with van der Waals surface area (Å²) < 4.78 is 0. The van der Waals surface area contributed by atoms with E-state index in [1.807, 2.05) is 0 Å². The fraction of sp³-hybridized carbons (Fsp3) is 1.00. The lowest BCUT2D eigenvalue weighted by Gasteiger charge is -2.52. The summed E-state index contributed by atoms with van der Waals surface area (Å²) in [6, 6.07) is 2.48. The summed E-state index contributed by atoms with van der Waals surface area (Å²) in [5, 5.41) is 0. The number of hydrogen-bond acceptors (Lipinski definition) is 2. The average molecular weight is 182 g/mol. The smallest absolute Gasteiger partial charge is 0.0251 e. The fourth-order valence-corrected chi connectivity index (χ4v) is 3.27. The lowest BCUT2D eigenvalue weighted by molar-refractivity contribution is -0.0239. The van der Waals surface area contributed by atoms with Crippen LogP contribution in [0.15, 0.2) is 0 Å². The van der Waals surface area contributed by atoms with Crippen molar-refractivity contribution in [1.29, 1.82) is 0 Å². The highest BCUT2D eigenvalue weighted by atomic mass is 15.3. The molecular formula is C11H22N2. The van der Waals surface area contributed by atoms with Gasteiger partial charge in [-0.1, -0.05) is 13.3 Å².